The van der Waals surface area contributed by atoms with Crippen LogP contribution in [0.1, 0.15) is 77.5 Å². The van der Waals surface area contributed by atoms with Crippen LogP contribution < -0.4 is 0 Å². The number of rotatable bonds is 9. The molecule has 21 heavy (non-hydrogen) atoms. The molecule has 0 aliphatic rings. The lowest BCUT2D eigenvalue weighted by molar-refractivity contribution is -0.207. The van der Waals surface area contributed by atoms with E-state index in [2.05, 4.69) is 59.9 Å². The molecule has 1 aromatic rings. The first-order chi connectivity index (χ1) is 9.69. The van der Waals surface area contributed by atoms with Gasteiger partial charge in [-0.3, -0.25) is 0 Å². The highest BCUT2D eigenvalue weighted by Gasteiger charge is 2.25. The summed E-state index contributed by atoms with van der Waals surface area (Å²) in [7, 11) is 0. The molecule has 0 saturated heterocycles. The fourth-order valence-electron chi connectivity index (χ4n) is 1.74. The Morgan fingerprint density at radius 1 is 1.14 bits per heavy atom. The summed E-state index contributed by atoms with van der Waals surface area (Å²) in [4.78, 5) is 1.17. The molecule has 3 heteroatoms. The van der Waals surface area contributed by atoms with Crippen LogP contribution in [-0.2, 0) is 9.47 Å². The summed E-state index contributed by atoms with van der Waals surface area (Å²) in [6, 6.07) is 2.17. The minimum atomic E-state index is -0.244. The molecule has 122 valence electrons. The van der Waals surface area contributed by atoms with Gasteiger partial charge in [0.25, 0.3) is 0 Å². The fourth-order valence-corrected chi connectivity index (χ4v) is 2.61. The minimum Gasteiger partial charge on any atom is -0.348 e. The van der Waals surface area contributed by atoms with Crippen molar-refractivity contribution in [2.45, 2.75) is 79.6 Å². The number of hydrogen-bond donors (Lipinski definition) is 0. The smallest absolute Gasteiger partial charge is 0.193 e. The standard InChI is InChI=1S/C18H32O2S/c1-8-17(4,5)10-11-19-16(20-18(6,7)9-2)15-12-14(3)13-21-15/h12-13,16H,8-11H2,1-7H3. The Balaban J connectivity index is 2.69. The van der Waals surface area contributed by atoms with E-state index in [4.69, 9.17) is 9.47 Å². The van der Waals surface area contributed by atoms with Gasteiger partial charge in [-0.25, -0.2) is 0 Å². The van der Waals surface area contributed by atoms with Crippen LogP contribution in [0.15, 0.2) is 11.4 Å². The lowest BCUT2D eigenvalue weighted by atomic mass is 9.87. The zero-order chi connectivity index (χ0) is 16.1. The second kappa shape index (κ2) is 7.75. The molecule has 1 unspecified atom stereocenters. The first-order valence-electron chi connectivity index (χ1n) is 8.03. The van der Waals surface area contributed by atoms with Crippen LogP contribution in [-0.4, -0.2) is 12.2 Å². The Labute approximate surface area is 134 Å². The van der Waals surface area contributed by atoms with Crippen LogP contribution in [0.2, 0.25) is 0 Å². The third-order valence-electron chi connectivity index (χ3n) is 4.27. The molecule has 0 aromatic carbocycles. The molecule has 1 atom stereocenters. The largest absolute Gasteiger partial charge is 0.348 e. The third-order valence-corrected chi connectivity index (χ3v) is 5.34. The summed E-state index contributed by atoms with van der Waals surface area (Å²) >= 11 is 1.72. The number of hydrogen-bond acceptors (Lipinski definition) is 3. The van der Waals surface area contributed by atoms with Gasteiger partial charge in [0.05, 0.1) is 17.1 Å². The van der Waals surface area contributed by atoms with Gasteiger partial charge in [-0.15, -0.1) is 11.3 Å². The van der Waals surface area contributed by atoms with Crippen molar-refractivity contribution in [2.24, 2.45) is 5.41 Å². The number of aryl methyl sites for hydroxylation is 1. The van der Waals surface area contributed by atoms with Crippen molar-refractivity contribution in [2.75, 3.05) is 6.61 Å². The van der Waals surface area contributed by atoms with E-state index in [1.165, 1.54) is 16.9 Å². The quantitative estimate of drug-likeness (QED) is 0.513. The summed E-state index contributed by atoms with van der Waals surface area (Å²) in [5, 5.41) is 2.16. The summed E-state index contributed by atoms with van der Waals surface area (Å²) in [5.41, 5.74) is 1.44. The van der Waals surface area contributed by atoms with E-state index in [0.717, 1.165) is 19.4 Å². The molecule has 1 heterocycles. The summed E-state index contributed by atoms with van der Waals surface area (Å²) < 4.78 is 12.3. The average Bonchev–Trinajstić information content (AvgIpc) is 2.84. The molecular weight excluding hydrogens is 280 g/mol. The molecule has 0 saturated carbocycles. The van der Waals surface area contributed by atoms with E-state index in [1.54, 1.807) is 11.3 Å². The van der Waals surface area contributed by atoms with Crippen LogP contribution in [0.25, 0.3) is 0 Å². The fraction of sp³-hybridized carbons (Fsp3) is 0.778. The molecule has 0 amide bonds. The molecular formula is C18H32O2S. The van der Waals surface area contributed by atoms with Crippen molar-refractivity contribution in [1.29, 1.82) is 0 Å². The molecule has 0 aliphatic heterocycles. The highest BCUT2D eigenvalue weighted by molar-refractivity contribution is 7.10. The molecule has 0 bridgehead atoms. The van der Waals surface area contributed by atoms with Gasteiger partial charge in [0, 0.05) is 0 Å². The van der Waals surface area contributed by atoms with Crippen molar-refractivity contribution in [1.82, 2.24) is 0 Å². The van der Waals surface area contributed by atoms with Crippen molar-refractivity contribution in [3.8, 4) is 0 Å². The van der Waals surface area contributed by atoms with Crippen LogP contribution in [0.4, 0.5) is 0 Å². The average molecular weight is 313 g/mol. The number of ether oxygens (including phenoxy) is 2. The Morgan fingerprint density at radius 3 is 2.29 bits per heavy atom. The van der Waals surface area contributed by atoms with E-state index in [0.29, 0.717) is 5.41 Å². The molecule has 1 aromatic heterocycles. The first kappa shape index (κ1) is 18.7. The molecule has 0 N–H and O–H groups in total. The second-order valence-corrected chi connectivity index (χ2v) is 8.17. The maximum absolute atomic E-state index is 6.22. The highest BCUT2D eigenvalue weighted by Crippen LogP contribution is 2.32. The maximum atomic E-state index is 6.22. The lowest BCUT2D eigenvalue weighted by Crippen LogP contribution is -2.27. The zero-order valence-corrected chi connectivity index (χ0v) is 15.6. The van der Waals surface area contributed by atoms with Gasteiger partial charge < -0.3 is 9.47 Å². The van der Waals surface area contributed by atoms with E-state index >= 15 is 0 Å². The molecule has 1 rings (SSSR count). The minimum absolute atomic E-state index is 0.164. The lowest BCUT2D eigenvalue weighted by Gasteiger charge is -2.30. The zero-order valence-electron chi connectivity index (χ0n) is 14.8. The van der Waals surface area contributed by atoms with Crippen molar-refractivity contribution < 1.29 is 9.47 Å². The Hall–Kier alpha value is -0.380. The van der Waals surface area contributed by atoms with Gasteiger partial charge in [0.1, 0.15) is 0 Å². The Morgan fingerprint density at radius 2 is 1.81 bits per heavy atom. The predicted octanol–water partition coefficient (Wildman–Crippen LogP) is 6.10. The Kier molecular flexibility index (Phi) is 6.89. The third kappa shape index (κ3) is 6.50. The summed E-state index contributed by atoms with van der Waals surface area (Å²) in [6.07, 6.45) is 2.95. The van der Waals surface area contributed by atoms with E-state index in [9.17, 15) is 0 Å². The van der Waals surface area contributed by atoms with E-state index in [-0.39, 0.29) is 11.9 Å². The SMILES string of the molecule is CCC(C)(C)CCOC(OC(C)(C)CC)c1cc(C)cs1. The summed E-state index contributed by atoms with van der Waals surface area (Å²) in [6.45, 7) is 16.1. The molecule has 0 fully saturated rings. The normalized spacial score (nSPS) is 14.4. The molecule has 0 radical (unpaired) electrons. The van der Waals surface area contributed by atoms with Gasteiger partial charge in [0.15, 0.2) is 6.29 Å². The van der Waals surface area contributed by atoms with Crippen molar-refractivity contribution in [3.05, 3.63) is 21.9 Å². The topological polar surface area (TPSA) is 18.5 Å². The van der Waals surface area contributed by atoms with Gasteiger partial charge in [-0.05, 0) is 56.0 Å². The highest BCUT2D eigenvalue weighted by atomic mass is 32.1. The van der Waals surface area contributed by atoms with E-state index < -0.39 is 0 Å². The Bertz CT molecular complexity index is 421. The van der Waals surface area contributed by atoms with Gasteiger partial charge in [-0.2, -0.15) is 0 Å². The van der Waals surface area contributed by atoms with Gasteiger partial charge >= 0.3 is 0 Å². The first-order valence-corrected chi connectivity index (χ1v) is 8.91. The molecule has 0 spiro atoms. The predicted molar refractivity (Wildman–Crippen MR) is 91.9 cm³/mol. The van der Waals surface area contributed by atoms with Crippen LogP contribution >= 0.6 is 11.3 Å². The monoisotopic (exact) mass is 312 g/mol. The van der Waals surface area contributed by atoms with Crippen LogP contribution in [0.5, 0.6) is 0 Å². The maximum Gasteiger partial charge on any atom is 0.193 e. The van der Waals surface area contributed by atoms with E-state index in [1.807, 2.05) is 0 Å². The van der Waals surface area contributed by atoms with Crippen LogP contribution in [0.3, 0.4) is 0 Å². The van der Waals surface area contributed by atoms with Crippen molar-refractivity contribution >= 4 is 11.3 Å². The van der Waals surface area contributed by atoms with Crippen molar-refractivity contribution in [3.63, 3.8) is 0 Å². The second-order valence-electron chi connectivity index (χ2n) is 7.23. The van der Waals surface area contributed by atoms with Gasteiger partial charge in [-0.1, -0.05) is 34.1 Å². The summed E-state index contributed by atoms with van der Waals surface area (Å²) in [5.74, 6) is 0. The number of thiophene rings is 1. The van der Waals surface area contributed by atoms with Gasteiger partial charge in [0.2, 0.25) is 0 Å². The van der Waals surface area contributed by atoms with Crippen LogP contribution in [0, 0.1) is 12.3 Å². The molecule has 0 aliphatic carbocycles. The molecule has 2 nitrogen and oxygen atoms in total.